The van der Waals surface area contributed by atoms with Crippen molar-refractivity contribution in [3.8, 4) is 0 Å². The van der Waals surface area contributed by atoms with Gasteiger partial charge >= 0.3 is 0 Å². The van der Waals surface area contributed by atoms with Crippen LogP contribution in [0.4, 0.5) is 0 Å². The van der Waals surface area contributed by atoms with Crippen LogP contribution in [0.5, 0.6) is 0 Å². The van der Waals surface area contributed by atoms with E-state index in [4.69, 9.17) is 4.74 Å². The minimum atomic E-state index is 0.0114. The molecule has 1 amide bonds. The van der Waals surface area contributed by atoms with Crippen LogP contribution >= 0.6 is 0 Å². The van der Waals surface area contributed by atoms with Crippen molar-refractivity contribution in [2.75, 3.05) is 13.2 Å². The van der Waals surface area contributed by atoms with Crippen molar-refractivity contribution in [2.24, 2.45) is 0 Å². The predicted molar refractivity (Wildman–Crippen MR) is 40.8 cm³/mol. The van der Waals surface area contributed by atoms with Crippen molar-refractivity contribution >= 4 is 5.91 Å². The first-order valence-corrected chi connectivity index (χ1v) is 3.96. The quantitative estimate of drug-likeness (QED) is 0.598. The first-order valence-electron chi connectivity index (χ1n) is 3.96. The van der Waals surface area contributed by atoms with E-state index in [1.165, 1.54) is 0 Å². The zero-order valence-corrected chi connectivity index (χ0v) is 6.72. The second-order valence-electron chi connectivity index (χ2n) is 2.63. The molecule has 1 aliphatic heterocycles. The van der Waals surface area contributed by atoms with Crippen molar-refractivity contribution < 1.29 is 9.53 Å². The number of rotatable bonds is 3. The lowest BCUT2D eigenvalue weighted by Gasteiger charge is -2.22. The Labute approximate surface area is 66.3 Å². The molecular formula is C7H14N2O2. The van der Waals surface area contributed by atoms with Crippen molar-refractivity contribution in [2.45, 2.75) is 25.9 Å². The van der Waals surface area contributed by atoms with Gasteiger partial charge in [-0.1, -0.05) is 6.92 Å². The van der Waals surface area contributed by atoms with Gasteiger partial charge in [-0.3, -0.25) is 10.2 Å². The molecule has 0 aromatic rings. The van der Waals surface area contributed by atoms with Gasteiger partial charge < -0.3 is 4.74 Å². The summed E-state index contributed by atoms with van der Waals surface area (Å²) in [6.45, 7) is 3.50. The maximum atomic E-state index is 10.8. The average Bonchev–Trinajstić information content (AvgIpc) is 2.01. The number of hydrogen-bond donors (Lipinski definition) is 2. The van der Waals surface area contributed by atoms with E-state index >= 15 is 0 Å². The van der Waals surface area contributed by atoms with Crippen molar-refractivity contribution in [3.05, 3.63) is 0 Å². The lowest BCUT2D eigenvalue weighted by molar-refractivity contribution is -0.127. The number of hydrogen-bond acceptors (Lipinski definition) is 3. The molecular weight excluding hydrogens is 144 g/mol. The summed E-state index contributed by atoms with van der Waals surface area (Å²) in [5, 5.41) is 0. The third kappa shape index (κ3) is 2.86. The lowest BCUT2D eigenvalue weighted by atomic mass is 10.2. The molecule has 11 heavy (non-hydrogen) atoms. The second-order valence-corrected chi connectivity index (χ2v) is 2.63. The summed E-state index contributed by atoms with van der Waals surface area (Å²) in [6.07, 6.45) is 1.54. The molecule has 4 heteroatoms. The van der Waals surface area contributed by atoms with Gasteiger partial charge in [0, 0.05) is 13.2 Å². The number of amides is 1. The Balaban J connectivity index is 2.17. The molecule has 1 heterocycles. The molecule has 1 unspecified atom stereocenters. The molecule has 0 spiro atoms. The molecule has 0 aromatic heterocycles. The number of hydrazine groups is 1. The van der Waals surface area contributed by atoms with Crippen LogP contribution in [0, 0.1) is 0 Å². The molecule has 1 aliphatic rings. The fourth-order valence-corrected chi connectivity index (χ4v) is 0.996. The van der Waals surface area contributed by atoms with E-state index in [0.717, 1.165) is 13.0 Å². The van der Waals surface area contributed by atoms with Crippen LogP contribution in [-0.4, -0.2) is 25.2 Å². The summed E-state index contributed by atoms with van der Waals surface area (Å²) in [5.74, 6) is 0.0114. The normalized spacial score (nSPS) is 24.8. The highest BCUT2D eigenvalue weighted by atomic mass is 16.5. The molecule has 1 atom stereocenters. The highest BCUT2D eigenvalue weighted by molar-refractivity contribution is 5.76. The average molecular weight is 158 g/mol. The van der Waals surface area contributed by atoms with Gasteiger partial charge in [0.15, 0.2) is 0 Å². The van der Waals surface area contributed by atoms with Gasteiger partial charge in [-0.05, 0) is 6.42 Å². The Morgan fingerprint density at radius 3 is 3.18 bits per heavy atom. The van der Waals surface area contributed by atoms with Crippen molar-refractivity contribution in [1.82, 2.24) is 10.9 Å². The number of carbonyl (C=O) groups is 1. The first-order chi connectivity index (χ1) is 5.33. The predicted octanol–water partition coefficient (Wildman–Crippen LogP) is -0.194. The maximum Gasteiger partial charge on any atom is 0.236 e. The van der Waals surface area contributed by atoms with Crippen LogP contribution in [0.2, 0.25) is 0 Å². The Morgan fingerprint density at radius 1 is 1.73 bits per heavy atom. The fraction of sp³-hybridized carbons (Fsp3) is 0.857. The molecule has 0 radical (unpaired) electrons. The van der Waals surface area contributed by atoms with Crippen molar-refractivity contribution in [1.29, 1.82) is 0 Å². The van der Waals surface area contributed by atoms with Crippen LogP contribution < -0.4 is 10.9 Å². The summed E-state index contributed by atoms with van der Waals surface area (Å²) in [7, 11) is 0. The van der Waals surface area contributed by atoms with Gasteiger partial charge in [-0.15, -0.1) is 0 Å². The number of ether oxygens (including phenoxy) is 1. The van der Waals surface area contributed by atoms with Crippen molar-refractivity contribution in [3.63, 3.8) is 0 Å². The molecule has 2 N–H and O–H groups in total. The van der Waals surface area contributed by atoms with E-state index in [1.807, 2.05) is 0 Å². The Morgan fingerprint density at radius 2 is 2.55 bits per heavy atom. The molecule has 64 valence electrons. The molecule has 4 nitrogen and oxygen atoms in total. The SMILES string of the molecule is CCCOC1CNNC(=O)C1. The molecule has 0 aromatic carbocycles. The van der Waals surface area contributed by atoms with Crippen LogP contribution in [0.15, 0.2) is 0 Å². The van der Waals surface area contributed by atoms with E-state index in [9.17, 15) is 4.79 Å². The van der Waals surface area contributed by atoms with Crippen LogP contribution in [0.3, 0.4) is 0 Å². The molecule has 0 saturated carbocycles. The van der Waals surface area contributed by atoms with E-state index in [-0.39, 0.29) is 12.0 Å². The third-order valence-electron chi connectivity index (χ3n) is 1.53. The van der Waals surface area contributed by atoms with Gasteiger partial charge in [0.25, 0.3) is 0 Å². The number of nitrogens with one attached hydrogen (secondary N) is 2. The molecule has 0 aliphatic carbocycles. The smallest absolute Gasteiger partial charge is 0.236 e. The lowest BCUT2D eigenvalue weighted by Crippen LogP contribution is -2.50. The first kappa shape index (κ1) is 8.49. The standard InChI is InChI=1S/C7H14N2O2/c1-2-3-11-6-4-7(10)9-8-5-6/h6,8H,2-5H2,1H3,(H,9,10). The van der Waals surface area contributed by atoms with Gasteiger partial charge in [0.05, 0.1) is 12.5 Å². The second kappa shape index (κ2) is 4.31. The highest BCUT2D eigenvalue weighted by Crippen LogP contribution is 2.00. The zero-order valence-electron chi connectivity index (χ0n) is 6.72. The van der Waals surface area contributed by atoms with Gasteiger partial charge in [0.1, 0.15) is 0 Å². The summed E-state index contributed by atoms with van der Waals surface area (Å²) in [4.78, 5) is 10.8. The summed E-state index contributed by atoms with van der Waals surface area (Å²) in [5.41, 5.74) is 5.29. The topological polar surface area (TPSA) is 50.4 Å². The Bertz CT molecular complexity index is 138. The van der Waals surface area contributed by atoms with Gasteiger partial charge in [-0.25, -0.2) is 5.43 Å². The van der Waals surface area contributed by atoms with E-state index in [2.05, 4.69) is 17.8 Å². The maximum absolute atomic E-state index is 10.8. The zero-order chi connectivity index (χ0) is 8.10. The summed E-state index contributed by atoms with van der Waals surface area (Å²) < 4.78 is 5.38. The summed E-state index contributed by atoms with van der Waals surface area (Å²) in [6, 6.07) is 0. The molecule has 0 bridgehead atoms. The van der Waals surface area contributed by atoms with Gasteiger partial charge in [-0.2, -0.15) is 0 Å². The van der Waals surface area contributed by atoms with E-state index in [1.54, 1.807) is 0 Å². The summed E-state index contributed by atoms with van der Waals surface area (Å²) >= 11 is 0. The Hall–Kier alpha value is -0.610. The van der Waals surface area contributed by atoms with E-state index < -0.39 is 0 Å². The molecule has 1 rings (SSSR count). The van der Waals surface area contributed by atoms with Crippen LogP contribution in [0.25, 0.3) is 0 Å². The third-order valence-corrected chi connectivity index (χ3v) is 1.53. The van der Waals surface area contributed by atoms with E-state index in [0.29, 0.717) is 13.0 Å². The fourth-order valence-electron chi connectivity index (χ4n) is 0.996. The highest BCUT2D eigenvalue weighted by Gasteiger charge is 2.18. The monoisotopic (exact) mass is 158 g/mol. The Kier molecular flexibility index (Phi) is 3.32. The largest absolute Gasteiger partial charge is 0.376 e. The van der Waals surface area contributed by atoms with Gasteiger partial charge in [0.2, 0.25) is 5.91 Å². The molecule has 1 fully saturated rings. The minimum absolute atomic E-state index is 0.0114. The minimum Gasteiger partial charge on any atom is -0.376 e. The number of carbonyl (C=O) groups excluding carboxylic acids is 1. The molecule has 1 saturated heterocycles. The van der Waals surface area contributed by atoms with Crippen LogP contribution in [-0.2, 0) is 9.53 Å². The van der Waals surface area contributed by atoms with Crippen LogP contribution in [0.1, 0.15) is 19.8 Å².